The Morgan fingerprint density at radius 1 is 0.882 bits per heavy atom. The Labute approximate surface area is 109 Å². The summed E-state index contributed by atoms with van der Waals surface area (Å²) < 4.78 is 0. The zero-order valence-electron chi connectivity index (χ0n) is 12.6. The van der Waals surface area contributed by atoms with E-state index < -0.39 is 0 Å². The van der Waals surface area contributed by atoms with Crippen LogP contribution in [0.3, 0.4) is 0 Å². The molecule has 0 radical (unpaired) electrons. The molecule has 104 valence electrons. The van der Waals surface area contributed by atoms with Crippen LogP contribution < -0.4 is 5.32 Å². The Morgan fingerprint density at radius 2 is 1.41 bits per heavy atom. The molecule has 0 saturated heterocycles. The molecule has 0 spiro atoms. The van der Waals surface area contributed by atoms with Gasteiger partial charge in [0.1, 0.15) is 0 Å². The van der Waals surface area contributed by atoms with E-state index >= 15 is 0 Å². The highest BCUT2D eigenvalue weighted by Crippen LogP contribution is 2.04. The lowest BCUT2D eigenvalue weighted by atomic mass is 10.2. The van der Waals surface area contributed by atoms with Crippen LogP contribution in [0.2, 0.25) is 0 Å². The molecular formula is C15H34N2. The fraction of sp³-hybridized carbons (Fsp3) is 1.00. The van der Waals surface area contributed by atoms with Crippen LogP contribution >= 0.6 is 0 Å². The lowest BCUT2D eigenvalue weighted by Crippen LogP contribution is -2.41. The molecule has 0 heterocycles. The first-order chi connectivity index (χ1) is 8.26. The third kappa shape index (κ3) is 9.61. The molecule has 0 aliphatic heterocycles. The third-order valence-corrected chi connectivity index (χ3v) is 3.37. The highest BCUT2D eigenvalue weighted by molar-refractivity contribution is 4.69. The lowest BCUT2D eigenvalue weighted by molar-refractivity contribution is 0.198. The Morgan fingerprint density at radius 3 is 1.88 bits per heavy atom. The van der Waals surface area contributed by atoms with Crippen molar-refractivity contribution in [2.24, 2.45) is 0 Å². The van der Waals surface area contributed by atoms with Crippen molar-refractivity contribution in [2.75, 3.05) is 26.2 Å². The maximum Gasteiger partial charge on any atom is 0.0192 e. The standard InChI is InChI=1S/C15H34N2/c1-5-8-11-16-14-15(4)17(12-9-6-2)13-10-7-3/h15-16H,5-14H2,1-4H3. The van der Waals surface area contributed by atoms with Crippen molar-refractivity contribution in [3.05, 3.63) is 0 Å². The van der Waals surface area contributed by atoms with Gasteiger partial charge in [-0.2, -0.15) is 0 Å². The molecule has 0 aromatic rings. The monoisotopic (exact) mass is 242 g/mol. The van der Waals surface area contributed by atoms with E-state index in [4.69, 9.17) is 0 Å². The second-order valence-corrected chi connectivity index (χ2v) is 5.15. The quantitative estimate of drug-likeness (QED) is 0.525. The summed E-state index contributed by atoms with van der Waals surface area (Å²) in [7, 11) is 0. The minimum Gasteiger partial charge on any atom is -0.315 e. The summed E-state index contributed by atoms with van der Waals surface area (Å²) in [5.74, 6) is 0. The van der Waals surface area contributed by atoms with Crippen molar-refractivity contribution in [3.8, 4) is 0 Å². The average Bonchev–Trinajstić information content (AvgIpc) is 2.34. The van der Waals surface area contributed by atoms with Crippen LogP contribution in [0.1, 0.15) is 66.2 Å². The highest BCUT2D eigenvalue weighted by atomic mass is 15.2. The first kappa shape index (κ1) is 16.9. The van der Waals surface area contributed by atoms with E-state index in [1.54, 1.807) is 0 Å². The van der Waals surface area contributed by atoms with Crippen molar-refractivity contribution >= 4 is 0 Å². The third-order valence-electron chi connectivity index (χ3n) is 3.37. The van der Waals surface area contributed by atoms with E-state index in [0.29, 0.717) is 6.04 Å². The van der Waals surface area contributed by atoms with E-state index in [2.05, 4.69) is 37.9 Å². The van der Waals surface area contributed by atoms with Crippen LogP contribution in [0.25, 0.3) is 0 Å². The molecule has 0 rings (SSSR count). The van der Waals surface area contributed by atoms with E-state index in [9.17, 15) is 0 Å². The summed E-state index contributed by atoms with van der Waals surface area (Å²) in [6.07, 6.45) is 7.87. The summed E-state index contributed by atoms with van der Waals surface area (Å²) in [6.45, 7) is 14.0. The topological polar surface area (TPSA) is 15.3 Å². The van der Waals surface area contributed by atoms with Gasteiger partial charge in [-0.15, -0.1) is 0 Å². The van der Waals surface area contributed by atoms with Gasteiger partial charge in [-0.25, -0.2) is 0 Å². The van der Waals surface area contributed by atoms with Gasteiger partial charge in [0.25, 0.3) is 0 Å². The van der Waals surface area contributed by atoms with Gasteiger partial charge in [-0.3, -0.25) is 4.90 Å². The molecule has 0 aromatic carbocycles. The van der Waals surface area contributed by atoms with Gasteiger partial charge in [0.15, 0.2) is 0 Å². The molecule has 0 aromatic heterocycles. The molecule has 17 heavy (non-hydrogen) atoms. The molecule has 2 nitrogen and oxygen atoms in total. The summed E-state index contributed by atoms with van der Waals surface area (Å²) in [5.41, 5.74) is 0. The summed E-state index contributed by atoms with van der Waals surface area (Å²) in [5, 5.41) is 3.58. The summed E-state index contributed by atoms with van der Waals surface area (Å²) in [6, 6.07) is 0.685. The van der Waals surface area contributed by atoms with Crippen LogP contribution in [0.5, 0.6) is 0 Å². The van der Waals surface area contributed by atoms with Gasteiger partial charge in [0.05, 0.1) is 0 Å². The van der Waals surface area contributed by atoms with E-state index in [-0.39, 0.29) is 0 Å². The molecule has 0 bridgehead atoms. The van der Waals surface area contributed by atoms with E-state index in [1.807, 2.05) is 0 Å². The molecule has 0 saturated carbocycles. The second kappa shape index (κ2) is 12.4. The molecule has 0 amide bonds. The second-order valence-electron chi connectivity index (χ2n) is 5.15. The highest BCUT2D eigenvalue weighted by Gasteiger charge is 2.11. The molecule has 1 unspecified atom stereocenters. The van der Waals surface area contributed by atoms with Crippen LogP contribution in [0.15, 0.2) is 0 Å². The van der Waals surface area contributed by atoms with Gasteiger partial charge in [0, 0.05) is 12.6 Å². The number of nitrogens with one attached hydrogen (secondary N) is 1. The summed E-state index contributed by atoms with van der Waals surface area (Å²) in [4.78, 5) is 2.66. The average molecular weight is 242 g/mol. The first-order valence-corrected chi connectivity index (χ1v) is 7.70. The minimum atomic E-state index is 0.685. The van der Waals surface area contributed by atoms with Crippen molar-refractivity contribution < 1.29 is 0 Å². The van der Waals surface area contributed by atoms with Crippen molar-refractivity contribution in [1.82, 2.24) is 10.2 Å². The molecule has 0 aliphatic rings. The predicted octanol–water partition coefficient (Wildman–Crippen LogP) is 3.67. The molecule has 1 N–H and O–H groups in total. The Bertz CT molecular complexity index is 140. The normalized spacial score (nSPS) is 13.2. The van der Waals surface area contributed by atoms with Gasteiger partial charge in [-0.1, -0.05) is 40.0 Å². The van der Waals surface area contributed by atoms with Crippen LogP contribution in [0, 0.1) is 0 Å². The van der Waals surface area contributed by atoms with Gasteiger partial charge >= 0.3 is 0 Å². The Hall–Kier alpha value is -0.0800. The SMILES string of the molecule is CCCCNCC(C)N(CCCC)CCCC. The van der Waals surface area contributed by atoms with E-state index in [1.165, 1.54) is 58.2 Å². The number of nitrogens with zero attached hydrogens (tertiary/aromatic N) is 1. The molecule has 2 heteroatoms. The van der Waals surface area contributed by atoms with E-state index in [0.717, 1.165) is 6.54 Å². The van der Waals surface area contributed by atoms with Crippen LogP contribution in [-0.2, 0) is 0 Å². The maximum absolute atomic E-state index is 3.58. The predicted molar refractivity (Wildman–Crippen MR) is 78.6 cm³/mol. The van der Waals surface area contributed by atoms with Gasteiger partial charge in [-0.05, 0) is 45.8 Å². The fourth-order valence-electron chi connectivity index (χ4n) is 2.02. The smallest absolute Gasteiger partial charge is 0.0192 e. The largest absolute Gasteiger partial charge is 0.315 e. The number of unbranched alkanes of at least 4 members (excludes halogenated alkanes) is 3. The Kier molecular flexibility index (Phi) is 12.3. The maximum atomic E-state index is 3.58. The zero-order chi connectivity index (χ0) is 12.9. The van der Waals surface area contributed by atoms with Crippen LogP contribution in [-0.4, -0.2) is 37.1 Å². The molecule has 1 atom stereocenters. The number of hydrogen-bond donors (Lipinski definition) is 1. The molecule has 0 aliphatic carbocycles. The molecule has 0 fully saturated rings. The number of rotatable bonds is 12. The van der Waals surface area contributed by atoms with Gasteiger partial charge < -0.3 is 5.32 Å². The first-order valence-electron chi connectivity index (χ1n) is 7.70. The van der Waals surface area contributed by atoms with Gasteiger partial charge in [0.2, 0.25) is 0 Å². The van der Waals surface area contributed by atoms with Crippen molar-refractivity contribution in [3.63, 3.8) is 0 Å². The lowest BCUT2D eigenvalue weighted by Gasteiger charge is -2.29. The van der Waals surface area contributed by atoms with Crippen molar-refractivity contribution in [2.45, 2.75) is 72.3 Å². The minimum absolute atomic E-state index is 0.685. The fourth-order valence-corrected chi connectivity index (χ4v) is 2.02. The zero-order valence-corrected chi connectivity index (χ0v) is 12.6. The molecular weight excluding hydrogens is 208 g/mol. The Balaban J connectivity index is 3.80. The summed E-state index contributed by atoms with van der Waals surface area (Å²) >= 11 is 0. The van der Waals surface area contributed by atoms with Crippen LogP contribution in [0.4, 0.5) is 0 Å². The van der Waals surface area contributed by atoms with Crippen molar-refractivity contribution in [1.29, 1.82) is 0 Å². The number of hydrogen-bond acceptors (Lipinski definition) is 2.